The van der Waals surface area contributed by atoms with Crippen LogP contribution >= 0.6 is 0 Å². The van der Waals surface area contributed by atoms with Gasteiger partial charge in [0, 0.05) is 25.6 Å². The Morgan fingerprint density at radius 1 is 1.40 bits per heavy atom. The zero-order valence-electron chi connectivity index (χ0n) is 12.1. The van der Waals surface area contributed by atoms with Gasteiger partial charge in [0.1, 0.15) is 0 Å². The van der Waals surface area contributed by atoms with Gasteiger partial charge in [0.05, 0.1) is 6.26 Å². The van der Waals surface area contributed by atoms with Gasteiger partial charge in [0.25, 0.3) is 5.91 Å². The van der Waals surface area contributed by atoms with Gasteiger partial charge in [-0.3, -0.25) is 9.59 Å². The van der Waals surface area contributed by atoms with Crippen LogP contribution in [-0.2, 0) is 4.79 Å². The minimum Gasteiger partial charge on any atom is -0.459 e. The first-order chi connectivity index (χ1) is 9.56. The number of hydrogen-bond acceptors (Lipinski definition) is 3. The molecule has 2 heterocycles. The van der Waals surface area contributed by atoms with E-state index in [1.165, 1.54) is 6.26 Å². The van der Waals surface area contributed by atoms with Gasteiger partial charge >= 0.3 is 0 Å². The summed E-state index contributed by atoms with van der Waals surface area (Å²) in [6.45, 7) is 5.53. The SMILES string of the molecule is CC(C)CC(=O)N1CCC(NC(=O)c2ccco2)CC1. The molecule has 5 heteroatoms. The molecule has 0 aliphatic carbocycles. The fourth-order valence-corrected chi connectivity index (χ4v) is 2.42. The molecule has 0 radical (unpaired) electrons. The highest BCUT2D eigenvalue weighted by Gasteiger charge is 2.24. The van der Waals surface area contributed by atoms with Crippen LogP contribution in [0, 0.1) is 5.92 Å². The molecule has 1 aromatic heterocycles. The Morgan fingerprint density at radius 2 is 2.10 bits per heavy atom. The first kappa shape index (κ1) is 14.6. The number of piperidine rings is 1. The molecule has 0 spiro atoms. The number of rotatable bonds is 4. The zero-order chi connectivity index (χ0) is 14.5. The lowest BCUT2D eigenvalue weighted by Gasteiger charge is -2.32. The van der Waals surface area contributed by atoms with Crippen LogP contribution in [0.1, 0.15) is 43.7 Å². The maximum Gasteiger partial charge on any atom is 0.287 e. The standard InChI is InChI=1S/C15H22N2O3/c1-11(2)10-14(18)17-7-5-12(6-8-17)16-15(19)13-4-3-9-20-13/h3-4,9,11-12H,5-8,10H2,1-2H3,(H,16,19). The van der Waals surface area contributed by atoms with E-state index in [0.29, 0.717) is 31.2 Å². The Morgan fingerprint density at radius 3 is 2.65 bits per heavy atom. The summed E-state index contributed by atoms with van der Waals surface area (Å²) in [4.78, 5) is 25.7. The molecule has 5 nitrogen and oxygen atoms in total. The lowest BCUT2D eigenvalue weighted by molar-refractivity contribution is -0.133. The van der Waals surface area contributed by atoms with Crippen molar-refractivity contribution in [2.45, 2.75) is 39.2 Å². The summed E-state index contributed by atoms with van der Waals surface area (Å²) in [6, 6.07) is 3.47. The minimum atomic E-state index is -0.179. The summed E-state index contributed by atoms with van der Waals surface area (Å²) >= 11 is 0. The molecule has 1 fully saturated rings. The summed E-state index contributed by atoms with van der Waals surface area (Å²) in [5, 5.41) is 2.95. The molecule has 1 aliphatic rings. The molecule has 110 valence electrons. The summed E-state index contributed by atoms with van der Waals surface area (Å²) in [5.41, 5.74) is 0. The third-order valence-corrected chi connectivity index (χ3v) is 3.51. The average Bonchev–Trinajstić information content (AvgIpc) is 2.92. The summed E-state index contributed by atoms with van der Waals surface area (Å²) < 4.78 is 5.06. The summed E-state index contributed by atoms with van der Waals surface area (Å²) in [7, 11) is 0. The van der Waals surface area contributed by atoms with Gasteiger partial charge in [-0.05, 0) is 30.9 Å². The first-order valence-electron chi connectivity index (χ1n) is 7.18. The largest absolute Gasteiger partial charge is 0.459 e. The lowest BCUT2D eigenvalue weighted by Crippen LogP contribution is -2.46. The number of amides is 2. The van der Waals surface area contributed by atoms with E-state index in [1.807, 2.05) is 18.7 Å². The minimum absolute atomic E-state index is 0.121. The number of carbonyl (C=O) groups excluding carboxylic acids is 2. The molecule has 0 unspecified atom stereocenters. The Labute approximate surface area is 119 Å². The maximum atomic E-state index is 11.9. The second kappa shape index (κ2) is 6.59. The number of nitrogens with one attached hydrogen (secondary N) is 1. The predicted molar refractivity (Wildman–Crippen MR) is 75.2 cm³/mol. The van der Waals surface area contributed by atoms with Gasteiger partial charge < -0.3 is 14.6 Å². The number of nitrogens with zero attached hydrogens (tertiary/aromatic N) is 1. The van der Waals surface area contributed by atoms with Crippen LogP contribution in [0.2, 0.25) is 0 Å². The molecule has 0 bridgehead atoms. The van der Waals surface area contributed by atoms with Gasteiger partial charge in [0.2, 0.25) is 5.91 Å². The highest BCUT2D eigenvalue weighted by Crippen LogP contribution is 2.14. The third-order valence-electron chi connectivity index (χ3n) is 3.51. The highest BCUT2D eigenvalue weighted by molar-refractivity contribution is 5.91. The van der Waals surface area contributed by atoms with Crippen molar-refractivity contribution in [3.05, 3.63) is 24.2 Å². The van der Waals surface area contributed by atoms with Crippen LogP contribution in [0.4, 0.5) is 0 Å². The van der Waals surface area contributed by atoms with Gasteiger partial charge in [-0.15, -0.1) is 0 Å². The Bertz CT molecular complexity index is 446. The normalized spacial score (nSPS) is 16.4. The molecule has 2 rings (SSSR count). The van der Waals surface area contributed by atoms with E-state index in [1.54, 1.807) is 12.1 Å². The van der Waals surface area contributed by atoms with E-state index in [9.17, 15) is 9.59 Å². The molecule has 1 aliphatic heterocycles. The lowest BCUT2D eigenvalue weighted by atomic mass is 10.0. The third kappa shape index (κ3) is 3.85. The quantitative estimate of drug-likeness (QED) is 0.916. The second-order valence-corrected chi connectivity index (χ2v) is 5.70. The van der Waals surface area contributed by atoms with Crippen molar-refractivity contribution < 1.29 is 14.0 Å². The van der Waals surface area contributed by atoms with Crippen molar-refractivity contribution in [1.29, 1.82) is 0 Å². The Balaban J connectivity index is 1.77. The van der Waals surface area contributed by atoms with Crippen molar-refractivity contribution in [2.75, 3.05) is 13.1 Å². The molecule has 20 heavy (non-hydrogen) atoms. The number of carbonyl (C=O) groups is 2. The van der Waals surface area contributed by atoms with Crippen molar-refractivity contribution in [3.8, 4) is 0 Å². The predicted octanol–water partition coefficient (Wildman–Crippen LogP) is 2.05. The molecule has 2 amide bonds. The van der Waals surface area contributed by atoms with Crippen LogP contribution in [0.25, 0.3) is 0 Å². The van der Waals surface area contributed by atoms with Gasteiger partial charge in [-0.2, -0.15) is 0 Å². The second-order valence-electron chi connectivity index (χ2n) is 5.70. The van der Waals surface area contributed by atoms with Gasteiger partial charge in [0.15, 0.2) is 5.76 Å². The van der Waals surface area contributed by atoms with E-state index in [4.69, 9.17) is 4.42 Å². The van der Waals surface area contributed by atoms with Crippen LogP contribution in [-0.4, -0.2) is 35.8 Å². The number of furan rings is 1. The van der Waals surface area contributed by atoms with Crippen molar-refractivity contribution in [3.63, 3.8) is 0 Å². The number of hydrogen-bond donors (Lipinski definition) is 1. The molecule has 0 saturated carbocycles. The van der Waals surface area contributed by atoms with Gasteiger partial charge in [-0.1, -0.05) is 13.8 Å². The van der Waals surface area contributed by atoms with Crippen molar-refractivity contribution in [1.82, 2.24) is 10.2 Å². The molecule has 1 saturated heterocycles. The molecule has 0 atom stereocenters. The topological polar surface area (TPSA) is 62.6 Å². The average molecular weight is 278 g/mol. The Kier molecular flexibility index (Phi) is 4.82. The van der Waals surface area contributed by atoms with Gasteiger partial charge in [-0.25, -0.2) is 0 Å². The molecule has 1 aromatic rings. The Hall–Kier alpha value is -1.78. The van der Waals surface area contributed by atoms with Crippen molar-refractivity contribution in [2.24, 2.45) is 5.92 Å². The van der Waals surface area contributed by atoms with Crippen LogP contribution in [0.3, 0.4) is 0 Å². The first-order valence-corrected chi connectivity index (χ1v) is 7.18. The smallest absolute Gasteiger partial charge is 0.287 e. The summed E-state index contributed by atoms with van der Waals surface area (Å²) in [6.07, 6.45) is 3.69. The van der Waals surface area contributed by atoms with Crippen LogP contribution in [0.15, 0.2) is 22.8 Å². The molecule has 1 N–H and O–H groups in total. The fourth-order valence-electron chi connectivity index (χ4n) is 2.42. The monoisotopic (exact) mass is 278 g/mol. The zero-order valence-corrected chi connectivity index (χ0v) is 12.1. The molecular formula is C15H22N2O3. The van der Waals surface area contributed by atoms with E-state index < -0.39 is 0 Å². The van der Waals surface area contributed by atoms with E-state index in [0.717, 1.165) is 12.8 Å². The number of likely N-dealkylation sites (tertiary alicyclic amines) is 1. The summed E-state index contributed by atoms with van der Waals surface area (Å²) in [5.74, 6) is 0.764. The molecule has 0 aromatic carbocycles. The van der Waals surface area contributed by atoms with E-state index >= 15 is 0 Å². The van der Waals surface area contributed by atoms with Crippen LogP contribution in [0.5, 0.6) is 0 Å². The fraction of sp³-hybridized carbons (Fsp3) is 0.600. The van der Waals surface area contributed by atoms with E-state index in [-0.39, 0.29) is 17.9 Å². The highest BCUT2D eigenvalue weighted by atomic mass is 16.3. The van der Waals surface area contributed by atoms with Crippen LogP contribution < -0.4 is 5.32 Å². The van der Waals surface area contributed by atoms with Crippen molar-refractivity contribution >= 4 is 11.8 Å². The van der Waals surface area contributed by atoms with E-state index in [2.05, 4.69) is 5.32 Å². The maximum absolute atomic E-state index is 11.9. The molecular weight excluding hydrogens is 256 g/mol.